The smallest absolute Gasteiger partial charge is 0.251 e. The minimum absolute atomic E-state index is 0.210. The molecule has 0 radical (unpaired) electrons. The van der Waals surface area contributed by atoms with E-state index in [1.807, 2.05) is 24.3 Å². The number of benzene rings is 1. The van der Waals surface area contributed by atoms with E-state index in [-0.39, 0.29) is 18.6 Å². The van der Waals surface area contributed by atoms with Crippen molar-refractivity contribution in [3.8, 4) is 5.75 Å². The van der Waals surface area contributed by atoms with Crippen molar-refractivity contribution >= 4 is 27.9 Å². The summed E-state index contributed by atoms with van der Waals surface area (Å²) in [5, 5.41) is 16.3. The number of aromatic nitrogens is 4. The molecule has 2 aromatic rings. The van der Waals surface area contributed by atoms with Gasteiger partial charge in [0.1, 0.15) is 12.4 Å². The molecule has 1 amide bonds. The van der Waals surface area contributed by atoms with Gasteiger partial charge in [-0.1, -0.05) is 21.1 Å². The van der Waals surface area contributed by atoms with E-state index in [0.717, 1.165) is 15.8 Å². The number of H-pyrrole nitrogens is 1. The van der Waals surface area contributed by atoms with E-state index in [1.54, 1.807) is 6.92 Å². The fourth-order valence-electron chi connectivity index (χ4n) is 1.99. The molecule has 2 N–H and O–H groups in total. The SMILES string of the molecule is CC(NC(=O)C1=Cc2cc(Br)ccc2OC1)c1nn[nH]n1. The first-order chi connectivity index (χ1) is 10.1. The summed E-state index contributed by atoms with van der Waals surface area (Å²) < 4.78 is 6.52. The minimum Gasteiger partial charge on any atom is -0.488 e. The molecule has 0 fully saturated rings. The lowest BCUT2D eigenvalue weighted by Gasteiger charge is -2.19. The largest absolute Gasteiger partial charge is 0.488 e. The third kappa shape index (κ3) is 2.94. The molecular formula is C13H12BrN5O2. The Morgan fingerprint density at radius 2 is 2.38 bits per heavy atom. The molecule has 21 heavy (non-hydrogen) atoms. The van der Waals surface area contributed by atoms with Crippen molar-refractivity contribution in [2.75, 3.05) is 6.61 Å². The van der Waals surface area contributed by atoms with Gasteiger partial charge in [0, 0.05) is 10.0 Å². The van der Waals surface area contributed by atoms with Crippen LogP contribution in [0.25, 0.3) is 6.08 Å². The highest BCUT2D eigenvalue weighted by molar-refractivity contribution is 9.10. The maximum Gasteiger partial charge on any atom is 0.251 e. The predicted octanol–water partition coefficient (Wildman–Crippen LogP) is 1.62. The fraction of sp³-hybridized carbons (Fsp3) is 0.231. The lowest BCUT2D eigenvalue weighted by Crippen LogP contribution is -2.31. The molecule has 2 heterocycles. The third-order valence-corrected chi connectivity index (χ3v) is 3.57. The topological polar surface area (TPSA) is 92.8 Å². The van der Waals surface area contributed by atoms with Gasteiger partial charge >= 0.3 is 0 Å². The highest BCUT2D eigenvalue weighted by atomic mass is 79.9. The Kier molecular flexibility index (Phi) is 3.70. The Morgan fingerprint density at radius 1 is 1.52 bits per heavy atom. The number of nitrogens with zero attached hydrogens (tertiary/aromatic N) is 3. The number of rotatable bonds is 3. The number of nitrogens with one attached hydrogen (secondary N) is 2. The molecule has 0 saturated carbocycles. The summed E-state index contributed by atoms with van der Waals surface area (Å²) in [6.07, 6.45) is 1.82. The molecule has 0 saturated heterocycles. The van der Waals surface area contributed by atoms with Gasteiger partial charge in [-0.2, -0.15) is 5.21 Å². The number of hydrogen-bond acceptors (Lipinski definition) is 5. The van der Waals surface area contributed by atoms with Crippen LogP contribution >= 0.6 is 15.9 Å². The average Bonchev–Trinajstić information content (AvgIpc) is 3.00. The van der Waals surface area contributed by atoms with Crippen molar-refractivity contribution in [2.45, 2.75) is 13.0 Å². The van der Waals surface area contributed by atoms with E-state index >= 15 is 0 Å². The number of carbonyl (C=O) groups excluding carboxylic acids is 1. The Morgan fingerprint density at radius 3 is 3.14 bits per heavy atom. The molecule has 1 aliphatic rings. The molecule has 108 valence electrons. The number of carbonyl (C=O) groups is 1. The lowest BCUT2D eigenvalue weighted by atomic mass is 10.1. The van der Waals surface area contributed by atoms with Gasteiger partial charge in [-0.05, 0) is 31.2 Å². The van der Waals surface area contributed by atoms with E-state index in [4.69, 9.17) is 4.74 Å². The highest BCUT2D eigenvalue weighted by Gasteiger charge is 2.20. The van der Waals surface area contributed by atoms with E-state index < -0.39 is 0 Å². The zero-order valence-electron chi connectivity index (χ0n) is 11.1. The molecule has 1 aromatic heterocycles. The van der Waals surface area contributed by atoms with Gasteiger partial charge in [-0.15, -0.1) is 10.2 Å². The second kappa shape index (κ2) is 5.65. The molecule has 0 spiro atoms. The Bertz CT molecular complexity index is 699. The Balaban J connectivity index is 1.76. The van der Waals surface area contributed by atoms with Crippen molar-refractivity contribution < 1.29 is 9.53 Å². The second-order valence-electron chi connectivity index (χ2n) is 4.61. The van der Waals surface area contributed by atoms with Crippen LogP contribution in [0, 0.1) is 0 Å². The maximum atomic E-state index is 12.2. The van der Waals surface area contributed by atoms with Crippen LogP contribution in [-0.4, -0.2) is 33.1 Å². The Hall–Kier alpha value is -2.22. The highest BCUT2D eigenvalue weighted by Crippen LogP contribution is 2.29. The predicted molar refractivity (Wildman–Crippen MR) is 78.3 cm³/mol. The van der Waals surface area contributed by atoms with Crippen molar-refractivity contribution in [3.05, 3.63) is 39.6 Å². The number of tetrazole rings is 1. The van der Waals surface area contributed by atoms with Gasteiger partial charge in [-0.3, -0.25) is 4.79 Å². The molecule has 1 unspecified atom stereocenters. The van der Waals surface area contributed by atoms with Crippen molar-refractivity contribution in [1.82, 2.24) is 25.9 Å². The summed E-state index contributed by atoms with van der Waals surface area (Å²) in [6.45, 7) is 2.02. The molecule has 1 aromatic carbocycles. The van der Waals surface area contributed by atoms with Crippen LogP contribution in [0.4, 0.5) is 0 Å². The van der Waals surface area contributed by atoms with Crippen LogP contribution in [0.5, 0.6) is 5.75 Å². The molecule has 1 atom stereocenters. The number of halogens is 1. The van der Waals surface area contributed by atoms with Gasteiger partial charge in [-0.25, -0.2) is 0 Å². The van der Waals surface area contributed by atoms with Gasteiger partial charge < -0.3 is 10.1 Å². The van der Waals surface area contributed by atoms with E-state index in [1.165, 1.54) is 0 Å². The van der Waals surface area contributed by atoms with Crippen LogP contribution < -0.4 is 10.1 Å². The first-order valence-electron chi connectivity index (χ1n) is 6.30. The fourth-order valence-corrected chi connectivity index (χ4v) is 2.37. The third-order valence-electron chi connectivity index (χ3n) is 3.07. The van der Waals surface area contributed by atoms with Crippen molar-refractivity contribution in [3.63, 3.8) is 0 Å². The van der Waals surface area contributed by atoms with Crippen LogP contribution in [0.3, 0.4) is 0 Å². The number of hydrogen-bond donors (Lipinski definition) is 2. The summed E-state index contributed by atoms with van der Waals surface area (Å²) in [5.74, 6) is 0.989. The monoisotopic (exact) mass is 349 g/mol. The maximum absolute atomic E-state index is 12.2. The van der Waals surface area contributed by atoms with E-state index in [2.05, 4.69) is 41.9 Å². The standard InChI is InChI=1S/C13H12BrN5O2/c1-7(12-16-18-19-17-12)15-13(20)9-4-8-5-10(14)2-3-11(8)21-6-9/h2-5,7H,6H2,1H3,(H,15,20)(H,16,17,18,19). The molecule has 1 aliphatic heterocycles. The van der Waals surface area contributed by atoms with Crippen LogP contribution in [0.2, 0.25) is 0 Å². The molecule has 0 aliphatic carbocycles. The van der Waals surface area contributed by atoms with Crippen LogP contribution in [0.15, 0.2) is 28.2 Å². The first-order valence-corrected chi connectivity index (χ1v) is 7.10. The minimum atomic E-state index is -0.332. The quantitative estimate of drug-likeness (QED) is 0.878. The normalized spacial score (nSPS) is 14.7. The van der Waals surface area contributed by atoms with Gasteiger partial charge in [0.2, 0.25) is 0 Å². The average molecular weight is 350 g/mol. The summed E-state index contributed by atoms with van der Waals surface area (Å²) in [7, 11) is 0. The summed E-state index contributed by atoms with van der Waals surface area (Å²) in [6, 6.07) is 5.34. The Labute approximate surface area is 128 Å². The van der Waals surface area contributed by atoms with Gasteiger partial charge in [0.05, 0.1) is 11.6 Å². The number of amides is 1. The van der Waals surface area contributed by atoms with E-state index in [0.29, 0.717) is 11.4 Å². The zero-order chi connectivity index (χ0) is 14.8. The van der Waals surface area contributed by atoms with Crippen LogP contribution in [0.1, 0.15) is 24.4 Å². The first kappa shape index (κ1) is 13.7. The summed E-state index contributed by atoms with van der Waals surface area (Å²) >= 11 is 3.40. The molecular weight excluding hydrogens is 338 g/mol. The van der Waals surface area contributed by atoms with Crippen LogP contribution in [-0.2, 0) is 4.79 Å². The summed E-state index contributed by atoms with van der Waals surface area (Å²) in [4.78, 5) is 12.2. The van der Waals surface area contributed by atoms with Crippen molar-refractivity contribution in [2.24, 2.45) is 0 Å². The van der Waals surface area contributed by atoms with E-state index in [9.17, 15) is 4.79 Å². The molecule has 8 heteroatoms. The zero-order valence-corrected chi connectivity index (χ0v) is 12.7. The summed E-state index contributed by atoms with van der Waals surface area (Å²) in [5.41, 5.74) is 1.42. The molecule has 3 rings (SSSR count). The number of ether oxygens (including phenoxy) is 1. The number of fused-ring (bicyclic) bond motifs is 1. The second-order valence-corrected chi connectivity index (χ2v) is 5.52. The molecule has 0 bridgehead atoms. The molecule has 7 nitrogen and oxygen atoms in total. The van der Waals surface area contributed by atoms with Gasteiger partial charge in [0.15, 0.2) is 5.82 Å². The lowest BCUT2D eigenvalue weighted by molar-refractivity contribution is -0.118. The van der Waals surface area contributed by atoms with Crippen molar-refractivity contribution in [1.29, 1.82) is 0 Å². The van der Waals surface area contributed by atoms with Gasteiger partial charge in [0.25, 0.3) is 5.91 Å². The number of aromatic amines is 1.